The van der Waals surface area contributed by atoms with Gasteiger partial charge in [0.2, 0.25) is 0 Å². The van der Waals surface area contributed by atoms with Crippen LogP contribution >= 0.6 is 0 Å². The Hall–Kier alpha value is -1.99. The highest BCUT2D eigenvalue weighted by Crippen LogP contribution is 2.24. The standard InChI is InChI=1S/C14H21N5O2/c1-4-21-13-8-6-5-7-12(13)19-14(16-17-18-19)11(2)15-9-10-20-3/h5-8,11,15H,4,9-10H2,1-3H3. The average molecular weight is 291 g/mol. The molecule has 114 valence electrons. The topological polar surface area (TPSA) is 74.1 Å². The minimum atomic E-state index is 0.00447. The number of benzene rings is 1. The van der Waals surface area contributed by atoms with Crippen molar-refractivity contribution in [2.45, 2.75) is 19.9 Å². The Morgan fingerprint density at radius 3 is 2.90 bits per heavy atom. The molecule has 1 N–H and O–H groups in total. The van der Waals surface area contributed by atoms with Gasteiger partial charge in [0.15, 0.2) is 5.82 Å². The lowest BCUT2D eigenvalue weighted by Crippen LogP contribution is -2.25. The van der Waals surface area contributed by atoms with Gasteiger partial charge < -0.3 is 14.8 Å². The second-order valence-electron chi connectivity index (χ2n) is 4.52. The highest BCUT2D eigenvalue weighted by Gasteiger charge is 2.17. The molecule has 21 heavy (non-hydrogen) atoms. The predicted molar refractivity (Wildman–Crippen MR) is 78.6 cm³/mol. The molecule has 0 amide bonds. The summed E-state index contributed by atoms with van der Waals surface area (Å²) < 4.78 is 12.4. The Bertz CT molecular complexity index is 558. The molecule has 1 atom stereocenters. The van der Waals surface area contributed by atoms with Gasteiger partial charge in [-0.3, -0.25) is 0 Å². The Labute approximate surface area is 124 Å². The zero-order chi connectivity index (χ0) is 15.1. The fraction of sp³-hybridized carbons (Fsp3) is 0.500. The van der Waals surface area contributed by atoms with Crippen molar-refractivity contribution in [3.8, 4) is 11.4 Å². The Balaban J connectivity index is 2.23. The summed E-state index contributed by atoms with van der Waals surface area (Å²) >= 11 is 0. The van der Waals surface area contributed by atoms with E-state index in [0.717, 1.165) is 23.8 Å². The SMILES string of the molecule is CCOc1ccccc1-n1nnnc1C(C)NCCOC. The molecule has 0 aliphatic carbocycles. The van der Waals surface area contributed by atoms with Crippen LogP contribution in [0.25, 0.3) is 5.69 Å². The Kier molecular flexibility index (Phi) is 5.65. The van der Waals surface area contributed by atoms with Crippen LogP contribution in [0.1, 0.15) is 25.7 Å². The number of methoxy groups -OCH3 is 1. The first-order valence-electron chi connectivity index (χ1n) is 7.00. The lowest BCUT2D eigenvalue weighted by molar-refractivity contribution is 0.196. The molecule has 0 bridgehead atoms. The maximum atomic E-state index is 5.64. The molecule has 0 saturated carbocycles. The maximum Gasteiger partial charge on any atom is 0.173 e. The molecule has 0 saturated heterocycles. The van der Waals surface area contributed by atoms with Crippen molar-refractivity contribution < 1.29 is 9.47 Å². The Morgan fingerprint density at radius 1 is 1.33 bits per heavy atom. The van der Waals surface area contributed by atoms with Crippen LogP contribution in [-0.2, 0) is 4.74 Å². The van der Waals surface area contributed by atoms with Gasteiger partial charge in [0, 0.05) is 13.7 Å². The number of para-hydroxylation sites is 2. The van der Waals surface area contributed by atoms with Crippen molar-refractivity contribution in [2.75, 3.05) is 26.9 Å². The summed E-state index contributed by atoms with van der Waals surface area (Å²) in [6, 6.07) is 7.72. The van der Waals surface area contributed by atoms with E-state index in [0.29, 0.717) is 13.2 Å². The third-order valence-corrected chi connectivity index (χ3v) is 3.03. The van der Waals surface area contributed by atoms with Crippen molar-refractivity contribution in [3.63, 3.8) is 0 Å². The number of nitrogens with zero attached hydrogens (tertiary/aromatic N) is 4. The van der Waals surface area contributed by atoms with E-state index in [-0.39, 0.29) is 6.04 Å². The highest BCUT2D eigenvalue weighted by atomic mass is 16.5. The first kappa shape index (κ1) is 15.4. The largest absolute Gasteiger partial charge is 0.492 e. The fourth-order valence-corrected chi connectivity index (χ4v) is 2.01. The van der Waals surface area contributed by atoms with Crippen LogP contribution < -0.4 is 10.1 Å². The molecular formula is C14H21N5O2. The van der Waals surface area contributed by atoms with Crippen LogP contribution in [0.5, 0.6) is 5.75 Å². The minimum absolute atomic E-state index is 0.00447. The normalized spacial score (nSPS) is 12.3. The first-order chi connectivity index (χ1) is 10.3. The lowest BCUT2D eigenvalue weighted by atomic mass is 10.2. The van der Waals surface area contributed by atoms with Crippen molar-refractivity contribution >= 4 is 0 Å². The monoisotopic (exact) mass is 291 g/mol. The van der Waals surface area contributed by atoms with Gasteiger partial charge in [0.1, 0.15) is 11.4 Å². The number of rotatable bonds is 8. The summed E-state index contributed by atoms with van der Waals surface area (Å²) in [7, 11) is 1.68. The molecule has 0 fully saturated rings. The van der Waals surface area contributed by atoms with Gasteiger partial charge in [-0.15, -0.1) is 5.10 Å². The third-order valence-electron chi connectivity index (χ3n) is 3.03. The van der Waals surface area contributed by atoms with Gasteiger partial charge in [-0.2, -0.15) is 4.68 Å². The van der Waals surface area contributed by atoms with Crippen LogP contribution in [0.3, 0.4) is 0 Å². The summed E-state index contributed by atoms with van der Waals surface area (Å²) in [6.45, 7) is 5.93. The summed E-state index contributed by atoms with van der Waals surface area (Å²) in [5.41, 5.74) is 0.833. The van der Waals surface area contributed by atoms with Gasteiger partial charge in [0.25, 0.3) is 0 Å². The van der Waals surface area contributed by atoms with Crippen LogP contribution in [0.15, 0.2) is 24.3 Å². The lowest BCUT2D eigenvalue weighted by Gasteiger charge is -2.15. The summed E-state index contributed by atoms with van der Waals surface area (Å²) in [5, 5.41) is 15.3. The minimum Gasteiger partial charge on any atom is -0.492 e. The molecule has 2 rings (SSSR count). The van der Waals surface area contributed by atoms with Gasteiger partial charge in [-0.05, 0) is 36.4 Å². The molecule has 0 radical (unpaired) electrons. The molecule has 7 nitrogen and oxygen atoms in total. The zero-order valence-corrected chi connectivity index (χ0v) is 12.6. The molecule has 1 heterocycles. The van der Waals surface area contributed by atoms with E-state index in [4.69, 9.17) is 9.47 Å². The zero-order valence-electron chi connectivity index (χ0n) is 12.6. The van der Waals surface area contributed by atoms with E-state index in [9.17, 15) is 0 Å². The molecule has 0 spiro atoms. The molecule has 0 aliphatic rings. The third kappa shape index (κ3) is 3.77. The quantitative estimate of drug-likeness (QED) is 0.740. The first-order valence-corrected chi connectivity index (χ1v) is 7.00. The van der Waals surface area contributed by atoms with Crippen molar-refractivity contribution in [2.24, 2.45) is 0 Å². The summed E-state index contributed by atoms with van der Waals surface area (Å²) in [6.07, 6.45) is 0. The molecule has 1 aromatic carbocycles. The molecule has 1 unspecified atom stereocenters. The molecule has 7 heteroatoms. The number of aromatic nitrogens is 4. The van der Waals surface area contributed by atoms with E-state index < -0.39 is 0 Å². The van der Waals surface area contributed by atoms with E-state index in [2.05, 4.69) is 20.8 Å². The van der Waals surface area contributed by atoms with E-state index in [1.165, 1.54) is 0 Å². The van der Waals surface area contributed by atoms with Crippen molar-refractivity contribution in [3.05, 3.63) is 30.1 Å². The van der Waals surface area contributed by atoms with Crippen LogP contribution in [-0.4, -0.2) is 47.1 Å². The highest BCUT2D eigenvalue weighted by molar-refractivity contribution is 5.46. The smallest absolute Gasteiger partial charge is 0.173 e. The second kappa shape index (κ2) is 7.70. The predicted octanol–water partition coefficient (Wildman–Crippen LogP) is 1.36. The molecule has 0 aliphatic heterocycles. The fourth-order valence-electron chi connectivity index (χ4n) is 2.01. The number of ether oxygens (including phenoxy) is 2. The van der Waals surface area contributed by atoms with Gasteiger partial charge in [-0.25, -0.2) is 0 Å². The van der Waals surface area contributed by atoms with E-state index >= 15 is 0 Å². The number of tetrazole rings is 1. The van der Waals surface area contributed by atoms with Gasteiger partial charge in [0.05, 0.1) is 19.3 Å². The second-order valence-corrected chi connectivity index (χ2v) is 4.52. The van der Waals surface area contributed by atoms with Crippen molar-refractivity contribution in [1.82, 2.24) is 25.5 Å². The molecule has 2 aromatic rings. The Morgan fingerprint density at radius 2 is 2.14 bits per heavy atom. The summed E-state index contributed by atoms with van der Waals surface area (Å²) in [5.74, 6) is 1.50. The van der Waals surface area contributed by atoms with Gasteiger partial charge >= 0.3 is 0 Å². The number of hydrogen-bond acceptors (Lipinski definition) is 6. The average Bonchev–Trinajstić information content (AvgIpc) is 2.98. The number of hydrogen-bond donors (Lipinski definition) is 1. The van der Waals surface area contributed by atoms with E-state index in [1.54, 1.807) is 11.8 Å². The summed E-state index contributed by atoms with van der Waals surface area (Å²) in [4.78, 5) is 0. The van der Waals surface area contributed by atoms with Crippen LogP contribution in [0, 0.1) is 0 Å². The molecule has 1 aromatic heterocycles. The van der Waals surface area contributed by atoms with Crippen LogP contribution in [0.4, 0.5) is 0 Å². The van der Waals surface area contributed by atoms with Gasteiger partial charge in [-0.1, -0.05) is 12.1 Å². The van der Waals surface area contributed by atoms with Crippen molar-refractivity contribution in [1.29, 1.82) is 0 Å². The van der Waals surface area contributed by atoms with Crippen LogP contribution in [0.2, 0.25) is 0 Å². The number of nitrogens with one attached hydrogen (secondary N) is 1. The maximum absolute atomic E-state index is 5.64. The van der Waals surface area contributed by atoms with E-state index in [1.807, 2.05) is 38.1 Å². The molecular weight excluding hydrogens is 270 g/mol.